The zero-order chi connectivity index (χ0) is 20.7. The van der Waals surface area contributed by atoms with Gasteiger partial charge in [0.25, 0.3) is 5.56 Å². The molecule has 10 heteroatoms. The van der Waals surface area contributed by atoms with Crippen LogP contribution in [0.4, 0.5) is 13.2 Å². The Balaban J connectivity index is 1.96. The van der Waals surface area contributed by atoms with E-state index in [1.807, 2.05) is 0 Å². The van der Waals surface area contributed by atoms with Gasteiger partial charge in [-0.15, -0.1) is 0 Å². The van der Waals surface area contributed by atoms with Crippen molar-refractivity contribution in [1.29, 1.82) is 5.26 Å². The largest absolute Gasteiger partial charge is 0.422 e. The van der Waals surface area contributed by atoms with Crippen LogP contribution in [0.1, 0.15) is 5.56 Å². The van der Waals surface area contributed by atoms with Gasteiger partial charge in [-0.2, -0.15) is 14.6 Å². The molecule has 0 aliphatic carbocycles. The number of fused-ring (bicyclic) bond motifs is 1. The van der Waals surface area contributed by atoms with Gasteiger partial charge in [-0.05, 0) is 36.4 Å². The Morgan fingerprint density at radius 3 is 2.48 bits per heavy atom. The molecule has 0 amide bonds. The highest BCUT2D eigenvalue weighted by atomic mass is 19.2. The van der Waals surface area contributed by atoms with Gasteiger partial charge < -0.3 is 9.30 Å². The molecule has 29 heavy (non-hydrogen) atoms. The number of imidazole rings is 1. The second-order valence-electron chi connectivity index (χ2n) is 5.99. The normalized spacial score (nSPS) is 10.9. The first kappa shape index (κ1) is 18.2. The third-order valence-corrected chi connectivity index (χ3v) is 4.16. The smallest absolute Gasteiger partial charge is 0.311 e. The van der Waals surface area contributed by atoms with E-state index in [9.17, 15) is 18.0 Å². The number of aryl methyl sites for hydroxylation is 1. The van der Waals surface area contributed by atoms with Crippen LogP contribution in [-0.2, 0) is 7.05 Å². The minimum Gasteiger partial charge on any atom is -0.422 e. The van der Waals surface area contributed by atoms with Crippen LogP contribution in [0, 0.1) is 28.8 Å². The summed E-state index contributed by atoms with van der Waals surface area (Å²) in [4.78, 5) is 21.1. The molecule has 4 rings (SSSR count). The Bertz CT molecular complexity index is 1350. The summed E-state index contributed by atoms with van der Waals surface area (Å²) in [5.41, 5.74) is -0.804. The first-order chi connectivity index (χ1) is 13.9. The fraction of sp³-hybridized carbons (Fsp3) is 0.0526. The molecule has 0 bridgehead atoms. The number of rotatable bonds is 3. The SMILES string of the molecule is Cn1cnc2c(=O)n(-c3ccc(F)cc3)c(Oc3ccc(C#N)c(F)c3F)nc21. The van der Waals surface area contributed by atoms with Crippen LogP contribution in [0.15, 0.2) is 47.5 Å². The Morgan fingerprint density at radius 1 is 1.07 bits per heavy atom. The molecule has 0 N–H and O–H groups in total. The van der Waals surface area contributed by atoms with E-state index >= 15 is 0 Å². The number of nitriles is 1. The summed E-state index contributed by atoms with van der Waals surface area (Å²) in [6.07, 6.45) is 1.36. The first-order valence-corrected chi connectivity index (χ1v) is 8.16. The molecule has 0 fully saturated rings. The summed E-state index contributed by atoms with van der Waals surface area (Å²) in [6, 6.07) is 8.06. The summed E-state index contributed by atoms with van der Waals surface area (Å²) in [5, 5.41) is 8.80. The van der Waals surface area contributed by atoms with E-state index in [0.717, 1.165) is 28.8 Å². The molecule has 0 radical (unpaired) electrons. The summed E-state index contributed by atoms with van der Waals surface area (Å²) in [7, 11) is 1.59. The Labute approximate surface area is 160 Å². The maximum atomic E-state index is 14.3. The zero-order valence-electron chi connectivity index (χ0n) is 14.7. The third kappa shape index (κ3) is 2.98. The molecule has 2 aromatic heterocycles. The molecule has 0 saturated carbocycles. The molecule has 0 saturated heterocycles. The summed E-state index contributed by atoms with van der Waals surface area (Å²) >= 11 is 0. The van der Waals surface area contributed by atoms with Crippen molar-refractivity contribution in [2.24, 2.45) is 7.05 Å². The minimum absolute atomic E-state index is 0.00987. The average molecular weight is 397 g/mol. The van der Waals surface area contributed by atoms with Crippen LogP contribution in [0.25, 0.3) is 16.9 Å². The topological polar surface area (TPSA) is 85.7 Å². The van der Waals surface area contributed by atoms with Gasteiger partial charge in [0, 0.05) is 7.05 Å². The van der Waals surface area contributed by atoms with Crippen LogP contribution >= 0.6 is 0 Å². The van der Waals surface area contributed by atoms with Crippen molar-refractivity contribution < 1.29 is 17.9 Å². The lowest BCUT2D eigenvalue weighted by Gasteiger charge is -2.13. The number of hydrogen-bond acceptors (Lipinski definition) is 5. The van der Waals surface area contributed by atoms with Crippen LogP contribution in [0.3, 0.4) is 0 Å². The number of hydrogen-bond donors (Lipinski definition) is 0. The zero-order valence-corrected chi connectivity index (χ0v) is 14.7. The number of aromatic nitrogens is 4. The van der Waals surface area contributed by atoms with Crippen molar-refractivity contribution in [1.82, 2.24) is 19.1 Å². The van der Waals surface area contributed by atoms with Crippen molar-refractivity contribution in [3.05, 3.63) is 76.1 Å². The quantitative estimate of drug-likeness (QED) is 0.530. The van der Waals surface area contributed by atoms with E-state index in [-0.39, 0.29) is 22.9 Å². The van der Waals surface area contributed by atoms with Crippen LogP contribution < -0.4 is 10.3 Å². The maximum Gasteiger partial charge on any atom is 0.311 e. The van der Waals surface area contributed by atoms with Gasteiger partial charge in [-0.3, -0.25) is 4.79 Å². The molecule has 4 aromatic rings. The van der Waals surface area contributed by atoms with Crippen molar-refractivity contribution >= 4 is 11.2 Å². The number of nitrogens with zero attached hydrogens (tertiary/aromatic N) is 5. The Morgan fingerprint density at radius 2 is 1.79 bits per heavy atom. The first-order valence-electron chi connectivity index (χ1n) is 8.16. The highest BCUT2D eigenvalue weighted by molar-refractivity contribution is 5.70. The summed E-state index contributed by atoms with van der Waals surface area (Å²) in [5.74, 6) is -3.90. The van der Waals surface area contributed by atoms with Crippen LogP contribution in [-0.4, -0.2) is 19.1 Å². The molecule has 144 valence electrons. The highest BCUT2D eigenvalue weighted by Gasteiger charge is 2.21. The number of ether oxygens (including phenoxy) is 1. The van der Waals surface area contributed by atoms with Crippen molar-refractivity contribution in [2.75, 3.05) is 0 Å². The molecule has 0 aliphatic rings. The van der Waals surface area contributed by atoms with E-state index in [0.29, 0.717) is 0 Å². The van der Waals surface area contributed by atoms with Gasteiger partial charge in [0.05, 0.1) is 17.6 Å². The standard InChI is InChI=1S/C19H10F3N5O2/c1-26-9-24-16-17(26)25-19(27(18(16)28)12-5-3-11(20)4-6-12)29-13-7-2-10(8-23)14(21)15(13)22/h2-7,9H,1H3. The fourth-order valence-corrected chi connectivity index (χ4v) is 2.72. The molecule has 0 atom stereocenters. The lowest BCUT2D eigenvalue weighted by atomic mass is 10.2. The highest BCUT2D eigenvalue weighted by Crippen LogP contribution is 2.28. The van der Waals surface area contributed by atoms with E-state index < -0.39 is 34.3 Å². The molecular weight excluding hydrogens is 387 g/mol. The number of benzene rings is 2. The second-order valence-corrected chi connectivity index (χ2v) is 5.99. The summed E-state index contributed by atoms with van der Waals surface area (Å²) < 4.78 is 49.4. The van der Waals surface area contributed by atoms with Crippen LogP contribution in [0.2, 0.25) is 0 Å². The van der Waals surface area contributed by atoms with Crippen LogP contribution in [0.5, 0.6) is 11.8 Å². The van der Waals surface area contributed by atoms with Gasteiger partial charge in [0.1, 0.15) is 11.9 Å². The molecule has 2 aromatic carbocycles. The van der Waals surface area contributed by atoms with E-state index in [1.54, 1.807) is 7.05 Å². The lowest BCUT2D eigenvalue weighted by molar-refractivity contribution is 0.383. The van der Waals surface area contributed by atoms with E-state index in [4.69, 9.17) is 10.00 Å². The van der Waals surface area contributed by atoms with E-state index in [2.05, 4.69) is 9.97 Å². The Kier molecular flexibility index (Phi) is 4.27. The van der Waals surface area contributed by atoms with E-state index in [1.165, 1.54) is 29.1 Å². The molecular formula is C19H10F3N5O2. The molecule has 7 nitrogen and oxygen atoms in total. The average Bonchev–Trinajstić information content (AvgIpc) is 3.08. The van der Waals surface area contributed by atoms with Gasteiger partial charge in [0.2, 0.25) is 5.82 Å². The van der Waals surface area contributed by atoms with Gasteiger partial charge in [0.15, 0.2) is 22.7 Å². The predicted octanol–water partition coefficient (Wildman–Crippen LogP) is 3.20. The summed E-state index contributed by atoms with van der Waals surface area (Å²) in [6.45, 7) is 0. The van der Waals surface area contributed by atoms with Gasteiger partial charge in [-0.1, -0.05) is 0 Å². The van der Waals surface area contributed by atoms with Crippen molar-refractivity contribution in [3.63, 3.8) is 0 Å². The minimum atomic E-state index is -1.41. The molecule has 0 spiro atoms. The van der Waals surface area contributed by atoms with Gasteiger partial charge in [-0.25, -0.2) is 18.3 Å². The number of halogens is 3. The lowest BCUT2D eigenvalue weighted by Crippen LogP contribution is -2.22. The monoisotopic (exact) mass is 397 g/mol. The third-order valence-electron chi connectivity index (χ3n) is 4.16. The Hall–Kier alpha value is -4.13. The van der Waals surface area contributed by atoms with Crippen molar-refractivity contribution in [3.8, 4) is 23.5 Å². The van der Waals surface area contributed by atoms with Gasteiger partial charge >= 0.3 is 6.01 Å². The molecule has 0 unspecified atom stereocenters. The van der Waals surface area contributed by atoms with Crippen molar-refractivity contribution in [2.45, 2.75) is 0 Å². The molecule has 0 aliphatic heterocycles. The molecule has 2 heterocycles. The maximum absolute atomic E-state index is 14.3. The predicted molar refractivity (Wildman–Crippen MR) is 95.2 cm³/mol. The fourth-order valence-electron chi connectivity index (χ4n) is 2.72. The second kappa shape index (κ2) is 6.79.